The molecule has 0 bridgehead atoms. The van der Waals surface area contributed by atoms with E-state index in [0.29, 0.717) is 0 Å². The van der Waals surface area contributed by atoms with Crippen molar-refractivity contribution in [3.8, 4) is 5.75 Å². The highest BCUT2D eigenvalue weighted by molar-refractivity contribution is 7.99. The van der Waals surface area contributed by atoms with Crippen LogP contribution in [0.5, 0.6) is 5.75 Å². The smallest absolute Gasteiger partial charge is 0.123 e. The van der Waals surface area contributed by atoms with Crippen molar-refractivity contribution >= 4 is 11.8 Å². The molecular weight excluding hydrogens is 244 g/mol. The molecule has 0 spiro atoms. The second-order valence-corrected chi connectivity index (χ2v) is 5.88. The Morgan fingerprint density at radius 2 is 2.11 bits per heavy atom. The Hall–Kier alpha value is -0.710. The lowest BCUT2D eigenvalue weighted by Crippen LogP contribution is -2.18. The van der Waals surface area contributed by atoms with Crippen molar-refractivity contribution in [2.45, 2.75) is 13.0 Å². The van der Waals surface area contributed by atoms with Crippen LogP contribution in [0.25, 0.3) is 0 Å². The van der Waals surface area contributed by atoms with Gasteiger partial charge in [-0.3, -0.25) is 0 Å². The number of hydrogen-bond donors (Lipinski definition) is 1. The molecule has 0 aliphatic rings. The van der Waals surface area contributed by atoms with Gasteiger partial charge in [0.2, 0.25) is 0 Å². The van der Waals surface area contributed by atoms with E-state index in [0.717, 1.165) is 29.4 Å². The average Bonchev–Trinajstić information content (AvgIpc) is 2.34. The molecular formula is C14H24N2OS. The van der Waals surface area contributed by atoms with Crippen molar-refractivity contribution in [2.75, 3.05) is 39.3 Å². The SMILES string of the molecule is COc1ccc(C)cc1C(N)CSCCN(C)C. The molecule has 1 rings (SSSR count). The van der Waals surface area contributed by atoms with E-state index in [1.165, 1.54) is 5.56 Å². The van der Waals surface area contributed by atoms with Crippen molar-refractivity contribution < 1.29 is 4.74 Å². The zero-order valence-electron chi connectivity index (χ0n) is 11.8. The molecule has 18 heavy (non-hydrogen) atoms. The van der Waals surface area contributed by atoms with E-state index in [4.69, 9.17) is 10.5 Å². The Labute approximate surface area is 115 Å². The van der Waals surface area contributed by atoms with E-state index in [2.05, 4.69) is 32.0 Å². The van der Waals surface area contributed by atoms with Gasteiger partial charge in [-0.2, -0.15) is 11.8 Å². The van der Waals surface area contributed by atoms with Gasteiger partial charge in [-0.15, -0.1) is 0 Å². The summed E-state index contributed by atoms with van der Waals surface area (Å²) in [6.45, 7) is 3.16. The van der Waals surface area contributed by atoms with Gasteiger partial charge in [-0.05, 0) is 27.1 Å². The third-order valence-corrected chi connectivity index (χ3v) is 3.83. The molecule has 1 unspecified atom stereocenters. The summed E-state index contributed by atoms with van der Waals surface area (Å²) in [6.07, 6.45) is 0. The van der Waals surface area contributed by atoms with Crippen LogP contribution in [0.1, 0.15) is 17.2 Å². The fourth-order valence-electron chi connectivity index (χ4n) is 1.69. The number of aryl methyl sites for hydroxylation is 1. The fraction of sp³-hybridized carbons (Fsp3) is 0.571. The van der Waals surface area contributed by atoms with E-state index in [1.54, 1.807) is 7.11 Å². The molecule has 4 heteroatoms. The molecule has 1 atom stereocenters. The summed E-state index contributed by atoms with van der Waals surface area (Å²) in [7, 11) is 5.87. The molecule has 1 aromatic carbocycles. The molecule has 0 saturated carbocycles. The minimum Gasteiger partial charge on any atom is -0.496 e. The average molecular weight is 268 g/mol. The maximum absolute atomic E-state index is 6.24. The van der Waals surface area contributed by atoms with Crippen molar-refractivity contribution in [3.63, 3.8) is 0 Å². The summed E-state index contributed by atoms with van der Waals surface area (Å²) in [5.41, 5.74) is 8.57. The minimum absolute atomic E-state index is 0.0343. The number of methoxy groups -OCH3 is 1. The molecule has 0 aromatic heterocycles. The predicted octanol–water partition coefficient (Wildman–Crippen LogP) is 2.30. The van der Waals surface area contributed by atoms with Crippen LogP contribution >= 0.6 is 11.8 Å². The van der Waals surface area contributed by atoms with E-state index >= 15 is 0 Å². The summed E-state index contributed by atoms with van der Waals surface area (Å²) in [6, 6.07) is 6.20. The molecule has 0 fully saturated rings. The van der Waals surface area contributed by atoms with Gasteiger partial charge in [0.15, 0.2) is 0 Å². The Kier molecular flexibility index (Phi) is 6.54. The third kappa shape index (κ3) is 4.88. The molecule has 0 aliphatic heterocycles. The second kappa shape index (κ2) is 7.67. The fourth-order valence-corrected chi connectivity index (χ4v) is 2.79. The Morgan fingerprint density at radius 3 is 2.72 bits per heavy atom. The molecule has 0 amide bonds. The Bertz CT molecular complexity index is 369. The van der Waals surface area contributed by atoms with Crippen LogP contribution in [-0.2, 0) is 0 Å². The third-order valence-electron chi connectivity index (χ3n) is 2.76. The molecule has 3 nitrogen and oxygen atoms in total. The van der Waals surface area contributed by atoms with Crippen LogP contribution in [-0.4, -0.2) is 44.2 Å². The van der Waals surface area contributed by atoms with Gasteiger partial charge in [0.05, 0.1) is 7.11 Å². The molecule has 1 aromatic rings. The van der Waals surface area contributed by atoms with Gasteiger partial charge in [-0.1, -0.05) is 17.7 Å². The number of hydrogen-bond acceptors (Lipinski definition) is 4. The van der Waals surface area contributed by atoms with E-state index in [9.17, 15) is 0 Å². The maximum atomic E-state index is 6.24. The summed E-state index contributed by atoms with van der Waals surface area (Å²) < 4.78 is 5.37. The summed E-state index contributed by atoms with van der Waals surface area (Å²) in [5, 5.41) is 0. The molecule has 102 valence electrons. The molecule has 0 radical (unpaired) electrons. The van der Waals surface area contributed by atoms with Crippen LogP contribution in [0.2, 0.25) is 0 Å². The van der Waals surface area contributed by atoms with Crippen LogP contribution < -0.4 is 10.5 Å². The predicted molar refractivity (Wildman–Crippen MR) is 80.5 cm³/mol. The first-order valence-electron chi connectivity index (χ1n) is 6.17. The lowest BCUT2D eigenvalue weighted by atomic mass is 10.1. The van der Waals surface area contributed by atoms with Crippen LogP contribution in [0, 0.1) is 6.92 Å². The lowest BCUT2D eigenvalue weighted by molar-refractivity contribution is 0.407. The highest BCUT2D eigenvalue weighted by atomic mass is 32.2. The Balaban J connectivity index is 2.55. The maximum Gasteiger partial charge on any atom is 0.123 e. The van der Waals surface area contributed by atoms with Crippen molar-refractivity contribution in [3.05, 3.63) is 29.3 Å². The number of rotatable bonds is 7. The van der Waals surface area contributed by atoms with E-state index in [1.807, 2.05) is 23.9 Å². The van der Waals surface area contributed by atoms with Gasteiger partial charge in [0.25, 0.3) is 0 Å². The van der Waals surface area contributed by atoms with Crippen LogP contribution in [0.4, 0.5) is 0 Å². The van der Waals surface area contributed by atoms with Crippen LogP contribution in [0.15, 0.2) is 18.2 Å². The first kappa shape index (κ1) is 15.3. The topological polar surface area (TPSA) is 38.5 Å². The van der Waals surface area contributed by atoms with Gasteiger partial charge in [0.1, 0.15) is 5.75 Å². The van der Waals surface area contributed by atoms with Crippen molar-refractivity contribution in [1.29, 1.82) is 0 Å². The first-order valence-corrected chi connectivity index (χ1v) is 7.32. The lowest BCUT2D eigenvalue weighted by Gasteiger charge is -2.17. The number of nitrogens with zero attached hydrogens (tertiary/aromatic N) is 1. The first-order chi connectivity index (χ1) is 8.54. The highest BCUT2D eigenvalue weighted by Gasteiger charge is 2.12. The molecule has 0 aliphatic carbocycles. The highest BCUT2D eigenvalue weighted by Crippen LogP contribution is 2.27. The monoisotopic (exact) mass is 268 g/mol. The van der Waals surface area contributed by atoms with Crippen LogP contribution in [0.3, 0.4) is 0 Å². The van der Waals surface area contributed by atoms with Gasteiger partial charge < -0.3 is 15.4 Å². The zero-order chi connectivity index (χ0) is 13.5. The number of ether oxygens (including phenoxy) is 1. The largest absolute Gasteiger partial charge is 0.496 e. The van der Waals surface area contributed by atoms with Crippen molar-refractivity contribution in [2.24, 2.45) is 5.73 Å². The van der Waals surface area contributed by atoms with Gasteiger partial charge in [0, 0.05) is 29.7 Å². The van der Waals surface area contributed by atoms with Crippen molar-refractivity contribution in [1.82, 2.24) is 4.90 Å². The van der Waals surface area contributed by atoms with E-state index < -0.39 is 0 Å². The van der Waals surface area contributed by atoms with E-state index in [-0.39, 0.29) is 6.04 Å². The molecule has 2 N–H and O–H groups in total. The normalized spacial score (nSPS) is 12.8. The second-order valence-electron chi connectivity index (χ2n) is 4.73. The number of benzene rings is 1. The number of thioether (sulfide) groups is 1. The Morgan fingerprint density at radius 1 is 1.39 bits per heavy atom. The standard InChI is InChI=1S/C14H24N2OS/c1-11-5-6-14(17-4)12(9-11)13(15)10-18-8-7-16(2)3/h5-6,9,13H,7-8,10,15H2,1-4H3. The molecule has 0 saturated heterocycles. The minimum atomic E-state index is 0.0343. The number of nitrogens with two attached hydrogens (primary N) is 1. The van der Waals surface area contributed by atoms with Gasteiger partial charge in [-0.25, -0.2) is 0 Å². The summed E-state index contributed by atoms with van der Waals surface area (Å²) in [4.78, 5) is 2.19. The zero-order valence-corrected chi connectivity index (χ0v) is 12.6. The summed E-state index contributed by atoms with van der Waals surface area (Å²) >= 11 is 1.89. The quantitative estimate of drug-likeness (QED) is 0.770. The molecule has 0 heterocycles. The van der Waals surface area contributed by atoms with Gasteiger partial charge >= 0.3 is 0 Å². The summed E-state index contributed by atoms with van der Waals surface area (Å²) in [5.74, 6) is 2.92.